The molecule has 1 aliphatic rings. The number of fused-ring (bicyclic) bond motifs is 1. The first-order chi connectivity index (χ1) is 9.95. The molecule has 0 saturated carbocycles. The van der Waals surface area contributed by atoms with Crippen LogP contribution in [0.5, 0.6) is 11.5 Å². The number of rotatable bonds is 4. The van der Waals surface area contributed by atoms with Gasteiger partial charge < -0.3 is 19.3 Å². The van der Waals surface area contributed by atoms with Gasteiger partial charge in [-0.15, -0.1) is 0 Å². The summed E-state index contributed by atoms with van der Waals surface area (Å²) >= 11 is 3.41. The zero-order valence-corrected chi connectivity index (χ0v) is 13.8. The Hall–Kier alpha value is -1.27. The first kappa shape index (κ1) is 16.1. The number of methoxy groups -OCH3 is 1. The van der Waals surface area contributed by atoms with Crippen molar-refractivity contribution in [2.75, 3.05) is 20.3 Å². The summed E-state index contributed by atoms with van der Waals surface area (Å²) in [5, 5.41) is 10.6. The number of aliphatic hydroxyl groups is 1. The summed E-state index contributed by atoms with van der Waals surface area (Å²) in [5.74, 6) is 0.0702. The van der Waals surface area contributed by atoms with Crippen molar-refractivity contribution in [2.24, 2.45) is 11.8 Å². The number of carbonyl (C=O) groups excluding carboxylic acids is 1. The third kappa shape index (κ3) is 3.32. The van der Waals surface area contributed by atoms with Crippen molar-refractivity contribution in [3.63, 3.8) is 0 Å². The van der Waals surface area contributed by atoms with E-state index in [0.717, 1.165) is 0 Å². The van der Waals surface area contributed by atoms with Crippen LogP contribution in [0.25, 0.3) is 0 Å². The van der Waals surface area contributed by atoms with Gasteiger partial charge in [0.15, 0.2) is 11.5 Å². The molecule has 116 valence electrons. The van der Waals surface area contributed by atoms with Crippen molar-refractivity contribution in [3.05, 3.63) is 22.2 Å². The zero-order valence-electron chi connectivity index (χ0n) is 12.3. The van der Waals surface area contributed by atoms with Crippen LogP contribution in [0.1, 0.15) is 25.5 Å². The molecule has 0 spiro atoms. The number of halogens is 1. The molecule has 0 aromatic heterocycles. The molecule has 1 heterocycles. The Bertz CT molecular complexity index is 529. The van der Waals surface area contributed by atoms with Crippen LogP contribution in [0.4, 0.5) is 0 Å². The highest BCUT2D eigenvalue weighted by Gasteiger charge is 2.33. The van der Waals surface area contributed by atoms with E-state index in [-0.39, 0.29) is 5.92 Å². The van der Waals surface area contributed by atoms with Gasteiger partial charge in [-0.2, -0.15) is 0 Å². The molecule has 5 nitrogen and oxygen atoms in total. The summed E-state index contributed by atoms with van der Waals surface area (Å²) in [6.07, 6.45) is -0.968. The molecule has 21 heavy (non-hydrogen) atoms. The third-order valence-corrected chi connectivity index (χ3v) is 4.08. The van der Waals surface area contributed by atoms with Gasteiger partial charge in [0.1, 0.15) is 13.2 Å². The fraction of sp³-hybridized carbons (Fsp3) is 0.533. The largest absolute Gasteiger partial charge is 0.486 e. The summed E-state index contributed by atoms with van der Waals surface area (Å²) in [4.78, 5) is 11.9. The maximum absolute atomic E-state index is 11.9. The van der Waals surface area contributed by atoms with Gasteiger partial charge >= 0.3 is 5.97 Å². The lowest BCUT2D eigenvalue weighted by atomic mass is 9.86. The molecule has 1 N–H and O–H groups in total. The minimum atomic E-state index is -0.968. The van der Waals surface area contributed by atoms with Crippen molar-refractivity contribution in [3.8, 4) is 11.5 Å². The highest BCUT2D eigenvalue weighted by atomic mass is 79.9. The molecule has 1 aromatic carbocycles. The SMILES string of the molecule is COC(=O)C(C(C)C)C(O)c1cc(Br)c2c(c1)OCCO2. The van der Waals surface area contributed by atoms with Crippen molar-refractivity contribution in [2.45, 2.75) is 20.0 Å². The van der Waals surface area contributed by atoms with Crippen molar-refractivity contribution < 1.29 is 24.1 Å². The van der Waals surface area contributed by atoms with E-state index in [0.29, 0.717) is 34.7 Å². The van der Waals surface area contributed by atoms with Gasteiger partial charge in [-0.1, -0.05) is 13.8 Å². The molecule has 2 unspecified atom stereocenters. The van der Waals surface area contributed by atoms with Gasteiger partial charge in [-0.05, 0) is 39.5 Å². The molecule has 0 bridgehead atoms. The monoisotopic (exact) mass is 358 g/mol. The molecule has 0 amide bonds. The van der Waals surface area contributed by atoms with Gasteiger partial charge in [0.25, 0.3) is 0 Å². The second kappa shape index (κ2) is 6.66. The predicted octanol–water partition coefficient (Wildman–Crippen LogP) is 2.70. The molecule has 0 fully saturated rings. The lowest BCUT2D eigenvalue weighted by Crippen LogP contribution is -2.28. The number of aliphatic hydroxyl groups excluding tert-OH is 1. The van der Waals surface area contributed by atoms with Gasteiger partial charge in [0.05, 0.1) is 23.6 Å². The molecule has 0 aliphatic carbocycles. The minimum absolute atomic E-state index is 0.0561. The number of carbonyl (C=O) groups is 1. The zero-order chi connectivity index (χ0) is 15.6. The Morgan fingerprint density at radius 2 is 2.00 bits per heavy atom. The highest BCUT2D eigenvalue weighted by Crippen LogP contribution is 2.41. The van der Waals surface area contributed by atoms with E-state index in [1.54, 1.807) is 12.1 Å². The van der Waals surface area contributed by atoms with Crippen LogP contribution in [-0.2, 0) is 9.53 Å². The summed E-state index contributed by atoms with van der Waals surface area (Å²) in [6, 6.07) is 3.46. The maximum atomic E-state index is 11.9. The van der Waals surface area contributed by atoms with Crippen LogP contribution in [0.2, 0.25) is 0 Å². The Morgan fingerprint density at radius 3 is 2.62 bits per heavy atom. The molecular weight excluding hydrogens is 340 g/mol. The first-order valence-corrected chi connectivity index (χ1v) is 7.60. The van der Waals surface area contributed by atoms with Crippen LogP contribution in [-0.4, -0.2) is 31.4 Å². The first-order valence-electron chi connectivity index (χ1n) is 6.80. The Morgan fingerprint density at radius 1 is 1.33 bits per heavy atom. The van der Waals surface area contributed by atoms with Gasteiger partial charge in [0, 0.05) is 0 Å². The second-order valence-electron chi connectivity index (χ2n) is 5.26. The van der Waals surface area contributed by atoms with E-state index in [1.165, 1.54) is 7.11 Å². The second-order valence-corrected chi connectivity index (χ2v) is 6.12. The summed E-state index contributed by atoms with van der Waals surface area (Å²) in [5.41, 5.74) is 0.593. The topological polar surface area (TPSA) is 65.0 Å². The average molecular weight is 359 g/mol. The smallest absolute Gasteiger partial charge is 0.311 e. The molecule has 6 heteroatoms. The van der Waals surface area contributed by atoms with Crippen molar-refractivity contribution >= 4 is 21.9 Å². The molecule has 1 aromatic rings. The van der Waals surface area contributed by atoms with Gasteiger partial charge in [-0.25, -0.2) is 0 Å². The lowest BCUT2D eigenvalue weighted by molar-refractivity contribution is -0.152. The Kier molecular flexibility index (Phi) is 5.11. The quantitative estimate of drug-likeness (QED) is 0.838. The number of benzene rings is 1. The average Bonchev–Trinajstić information content (AvgIpc) is 2.46. The third-order valence-electron chi connectivity index (χ3n) is 3.49. The molecule has 0 saturated heterocycles. The van der Waals surface area contributed by atoms with Crippen LogP contribution in [0.15, 0.2) is 16.6 Å². The van der Waals surface area contributed by atoms with E-state index in [9.17, 15) is 9.90 Å². The van der Waals surface area contributed by atoms with Crippen molar-refractivity contribution in [1.29, 1.82) is 0 Å². The Balaban J connectivity index is 2.36. The molecule has 2 rings (SSSR count). The predicted molar refractivity (Wildman–Crippen MR) is 80.4 cm³/mol. The lowest BCUT2D eigenvalue weighted by Gasteiger charge is -2.26. The summed E-state index contributed by atoms with van der Waals surface area (Å²) in [6.45, 7) is 4.70. The minimum Gasteiger partial charge on any atom is -0.486 e. The van der Waals surface area contributed by atoms with E-state index in [2.05, 4.69) is 15.9 Å². The number of ether oxygens (including phenoxy) is 3. The van der Waals surface area contributed by atoms with E-state index >= 15 is 0 Å². The van der Waals surface area contributed by atoms with E-state index in [4.69, 9.17) is 14.2 Å². The molecule has 1 aliphatic heterocycles. The van der Waals surface area contributed by atoms with Crippen LogP contribution in [0.3, 0.4) is 0 Å². The van der Waals surface area contributed by atoms with E-state index in [1.807, 2.05) is 13.8 Å². The molecular formula is C15H19BrO5. The fourth-order valence-electron chi connectivity index (χ4n) is 2.41. The number of hydrogen-bond acceptors (Lipinski definition) is 5. The normalized spacial score (nSPS) is 16.5. The van der Waals surface area contributed by atoms with Gasteiger partial charge in [0.2, 0.25) is 0 Å². The number of esters is 1. The van der Waals surface area contributed by atoms with Crippen molar-refractivity contribution in [1.82, 2.24) is 0 Å². The maximum Gasteiger partial charge on any atom is 0.311 e. The van der Waals surface area contributed by atoms with Crippen LogP contribution < -0.4 is 9.47 Å². The van der Waals surface area contributed by atoms with Crippen LogP contribution in [0, 0.1) is 11.8 Å². The summed E-state index contributed by atoms with van der Waals surface area (Å²) < 4.78 is 16.5. The van der Waals surface area contributed by atoms with Crippen LogP contribution >= 0.6 is 15.9 Å². The van der Waals surface area contributed by atoms with E-state index < -0.39 is 18.0 Å². The fourth-order valence-corrected chi connectivity index (χ4v) is 2.98. The molecule has 2 atom stereocenters. The number of hydrogen-bond donors (Lipinski definition) is 1. The standard InChI is InChI=1S/C15H19BrO5/c1-8(2)12(15(18)19-3)13(17)9-6-10(16)14-11(7-9)20-4-5-21-14/h6-8,12-13,17H,4-5H2,1-3H3. The molecule has 0 radical (unpaired) electrons. The van der Waals surface area contributed by atoms with Gasteiger partial charge in [-0.3, -0.25) is 4.79 Å². The Labute approximate surface area is 132 Å². The highest BCUT2D eigenvalue weighted by molar-refractivity contribution is 9.10. The summed E-state index contributed by atoms with van der Waals surface area (Å²) in [7, 11) is 1.32.